The largest absolute Gasteiger partial charge is 0.382 e. The molecule has 7 nitrogen and oxygen atoms in total. The topological polar surface area (TPSA) is 110 Å². The summed E-state index contributed by atoms with van der Waals surface area (Å²) in [6.07, 6.45) is 4.64. The summed E-state index contributed by atoms with van der Waals surface area (Å²) in [5.41, 5.74) is 0.340. The zero-order chi connectivity index (χ0) is 20.8. The number of hydrogen-bond acceptors (Lipinski definition) is 6. The van der Waals surface area contributed by atoms with Crippen molar-refractivity contribution in [1.82, 2.24) is 4.90 Å². The van der Waals surface area contributed by atoms with Crippen LogP contribution in [0.5, 0.6) is 0 Å². The van der Waals surface area contributed by atoms with Gasteiger partial charge in [-0.15, -0.1) is 13.2 Å². The molecular formula is C18H29N3O4S2. The smallest absolute Gasteiger partial charge is 0.238 e. The number of sulfonamides is 1. The molecule has 3 N–H and O–H groups in total. The van der Waals surface area contributed by atoms with E-state index in [1.165, 1.54) is 12.1 Å². The van der Waals surface area contributed by atoms with Crippen molar-refractivity contribution in [2.45, 2.75) is 29.7 Å². The van der Waals surface area contributed by atoms with Gasteiger partial charge < -0.3 is 5.32 Å². The van der Waals surface area contributed by atoms with Crippen molar-refractivity contribution in [3.8, 4) is 0 Å². The maximum absolute atomic E-state index is 12.1. The lowest BCUT2D eigenvalue weighted by Gasteiger charge is -2.33. The zero-order valence-electron chi connectivity index (χ0n) is 16.1. The molecule has 0 heterocycles. The molecule has 0 aliphatic carbocycles. The first-order chi connectivity index (χ1) is 12.4. The van der Waals surface area contributed by atoms with Gasteiger partial charge in [-0.2, -0.15) is 0 Å². The van der Waals surface area contributed by atoms with E-state index in [1.807, 2.05) is 12.2 Å². The number of nitrogens with one attached hydrogen (secondary N) is 1. The van der Waals surface area contributed by atoms with Crippen molar-refractivity contribution in [3.63, 3.8) is 0 Å². The lowest BCUT2D eigenvalue weighted by Crippen LogP contribution is -2.44. The Bertz CT molecular complexity index is 868. The molecule has 0 saturated heterocycles. The van der Waals surface area contributed by atoms with Gasteiger partial charge in [0.1, 0.15) is 0 Å². The fourth-order valence-electron chi connectivity index (χ4n) is 2.81. The van der Waals surface area contributed by atoms with Crippen LogP contribution in [0.3, 0.4) is 0 Å². The molecule has 152 valence electrons. The summed E-state index contributed by atoms with van der Waals surface area (Å²) in [5, 5.41) is 8.27. The Morgan fingerprint density at radius 3 is 2.11 bits per heavy atom. The van der Waals surface area contributed by atoms with Gasteiger partial charge in [-0.1, -0.05) is 26.0 Å². The van der Waals surface area contributed by atoms with Crippen molar-refractivity contribution in [2.24, 2.45) is 11.1 Å². The number of hydrogen-bond donors (Lipinski definition) is 2. The van der Waals surface area contributed by atoms with Gasteiger partial charge in [-0.3, -0.25) is 4.90 Å². The van der Waals surface area contributed by atoms with E-state index in [2.05, 4.69) is 37.2 Å². The molecule has 1 aromatic rings. The highest BCUT2D eigenvalue weighted by atomic mass is 32.2. The van der Waals surface area contributed by atoms with Gasteiger partial charge in [-0.05, 0) is 24.1 Å². The van der Waals surface area contributed by atoms with Crippen LogP contribution in [0.15, 0.2) is 53.3 Å². The van der Waals surface area contributed by atoms with E-state index in [0.29, 0.717) is 25.3 Å². The summed E-state index contributed by atoms with van der Waals surface area (Å²) >= 11 is 0. The van der Waals surface area contributed by atoms with Crippen molar-refractivity contribution in [2.75, 3.05) is 31.2 Å². The Labute approximate surface area is 162 Å². The molecule has 0 aliphatic heterocycles. The van der Waals surface area contributed by atoms with Crippen LogP contribution in [-0.2, 0) is 19.9 Å². The fraction of sp³-hybridized carbons (Fsp3) is 0.444. The minimum absolute atomic E-state index is 0.0892. The maximum atomic E-state index is 12.1. The van der Waals surface area contributed by atoms with Gasteiger partial charge in [0.2, 0.25) is 10.0 Å². The predicted molar refractivity (Wildman–Crippen MR) is 110 cm³/mol. The molecule has 9 heteroatoms. The summed E-state index contributed by atoms with van der Waals surface area (Å²) in [6, 6.07) is 3.90. The van der Waals surface area contributed by atoms with Crippen LogP contribution in [0.2, 0.25) is 0 Å². The molecule has 0 saturated carbocycles. The summed E-state index contributed by atoms with van der Waals surface area (Å²) in [4.78, 5) is 1.83. The first-order valence-electron chi connectivity index (χ1n) is 8.48. The van der Waals surface area contributed by atoms with Crippen LogP contribution in [0.1, 0.15) is 13.8 Å². The molecule has 1 unspecified atom stereocenters. The van der Waals surface area contributed by atoms with Gasteiger partial charge >= 0.3 is 0 Å². The SMILES string of the molecule is C=CCN(CC=C)C(CNc1ccc(S(N)(=O)=O)cc1S(C)(=O)=O)C(C)C. The van der Waals surface area contributed by atoms with Gasteiger partial charge in [0, 0.05) is 31.9 Å². The Kier molecular flexibility index (Phi) is 8.22. The molecule has 0 aromatic heterocycles. The van der Waals surface area contributed by atoms with Crippen molar-refractivity contribution in [3.05, 3.63) is 43.5 Å². The Hall–Kier alpha value is -1.68. The fourth-order valence-corrected chi connectivity index (χ4v) is 4.31. The molecule has 1 rings (SSSR count). The molecule has 1 atom stereocenters. The normalized spacial score (nSPS) is 13.6. The third-order valence-electron chi connectivity index (χ3n) is 4.15. The summed E-state index contributed by atoms with van der Waals surface area (Å²) in [7, 11) is -7.65. The number of rotatable bonds is 11. The number of anilines is 1. The molecule has 0 radical (unpaired) electrons. The molecule has 0 spiro atoms. The second-order valence-electron chi connectivity index (χ2n) is 6.70. The zero-order valence-corrected chi connectivity index (χ0v) is 17.7. The number of nitrogens with zero attached hydrogens (tertiary/aromatic N) is 1. The standard InChI is InChI=1S/C18H29N3O4S2/c1-6-10-21(11-7-2)17(14(3)4)13-20-16-9-8-15(27(19,24)25)12-18(16)26(5,22)23/h6-9,12,14,17,20H,1-2,10-11,13H2,3-5H3,(H2,19,24,25). The lowest BCUT2D eigenvalue weighted by atomic mass is 10.0. The summed E-state index contributed by atoms with van der Waals surface area (Å²) in [6.45, 7) is 13.5. The van der Waals surface area contributed by atoms with E-state index >= 15 is 0 Å². The van der Waals surface area contributed by atoms with E-state index < -0.39 is 19.9 Å². The third-order valence-corrected chi connectivity index (χ3v) is 6.20. The van der Waals surface area contributed by atoms with E-state index in [1.54, 1.807) is 0 Å². The van der Waals surface area contributed by atoms with E-state index in [0.717, 1.165) is 12.3 Å². The second kappa shape index (κ2) is 9.50. The van der Waals surface area contributed by atoms with Crippen LogP contribution in [0, 0.1) is 5.92 Å². The first kappa shape index (κ1) is 23.4. The van der Waals surface area contributed by atoms with Gasteiger partial charge in [0.05, 0.1) is 15.5 Å². The second-order valence-corrected chi connectivity index (χ2v) is 10.2. The number of nitrogens with two attached hydrogens (primary N) is 1. The van der Waals surface area contributed by atoms with Crippen LogP contribution in [0.25, 0.3) is 0 Å². The van der Waals surface area contributed by atoms with E-state index in [4.69, 9.17) is 5.14 Å². The van der Waals surface area contributed by atoms with Crippen molar-refractivity contribution >= 4 is 25.5 Å². The van der Waals surface area contributed by atoms with Crippen LogP contribution in [0.4, 0.5) is 5.69 Å². The predicted octanol–water partition coefficient (Wildman–Crippen LogP) is 1.85. The molecule has 0 fully saturated rings. The van der Waals surface area contributed by atoms with Crippen LogP contribution < -0.4 is 10.5 Å². The average molecular weight is 416 g/mol. The van der Waals surface area contributed by atoms with Crippen LogP contribution in [-0.4, -0.2) is 53.7 Å². The van der Waals surface area contributed by atoms with Gasteiger partial charge in [0.25, 0.3) is 0 Å². The average Bonchev–Trinajstić information content (AvgIpc) is 2.53. The van der Waals surface area contributed by atoms with Crippen LogP contribution >= 0.6 is 0 Å². The Balaban J connectivity index is 3.22. The summed E-state index contributed by atoms with van der Waals surface area (Å²) < 4.78 is 47.4. The minimum atomic E-state index is -4.00. The Morgan fingerprint density at radius 2 is 1.70 bits per heavy atom. The van der Waals surface area contributed by atoms with Crippen molar-refractivity contribution < 1.29 is 16.8 Å². The van der Waals surface area contributed by atoms with E-state index in [9.17, 15) is 16.8 Å². The number of sulfone groups is 1. The van der Waals surface area contributed by atoms with Gasteiger partial charge in [0.15, 0.2) is 9.84 Å². The van der Waals surface area contributed by atoms with E-state index in [-0.39, 0.29) is 21.8 Å². The first-order valence-corrected chi connectivity index (χ1v) is 11.9. The molecular weight excluding hydrogens is 386 g/mol. The molecule has 0 amide bonds. The number of primary sulfonamides is 1. The van der Waals surface area contributed by atoms with Gasteiger partial charge in [-0.25, -0.2) is 22.0 Å². The minimum Gasteiger partial charge on any atom is -0.382 e. The lowest BCUT2D eigenvalue weighted by molar-refractivity contribution is 0.199. The quantitative estimate of drug-likeness (QED) is 0.534. The summed E-state index contributed by atoms with van der Waals surface area (Å²) in [5.74, 6) is 0.280. The molecule has 0 aliphatic rings. The molecule has 27 heavy (non-hydrogen) atoms. The molecule has 0 bridgehead atoms. The highest BCUT2D eigenvalue weighted by molar-refractivity contribution is 7.91. The third kappa shape index (κ3) is 6.76. The molecule has 1 aromatic carbocycles. The maximum Gasteiger partial charge on any atom is 0.238 e. The highest BCUT2D eigenvalue weighted by Gasteiger charge is 2.22. The Morgan fingerprint density at radius 1 is 1.15 bits per heavy atom. The van der Waals surface area contributed by atoms with Crippen molar-refractivity contribution in [1.29, 1.82) is 0 Å². The monoisotopic (exact) mass is 415 g/mol. The highest BCUT2D eigenvalue weighted by Crippen LogP contribution is 2.25. The number of benzene rings is 1.